The van der Waals surface area contributed by atoms with Gasteiger partial charge >= 0.3 is 0 Å². The van der Waals surface area contributed by atoms with Crippen LogP contribution in [0.25, 0.3) is 0 Å². The number of ether oxygens (including phenoxy) is 1. The highest BCUT2D eigenvalue weighted by Gasteiger charge is 2.42. The molecule has 2 aliphatic carbocycles. The number of alkyl halides is 2. The number of likely N-dealkylation sites (N-methyl/N-ethyl adjacent to an activating group) is 1. The summed E-state index contributed by atoms with van der Waals surface area (Å²) in [6, 6.07) is 0.406. The molecule has 3 heterocycles. The molecular weight excluding hydrogens is 471 g/mol. The monoisotopic (exact) mass is 514 g/mol. The van der Waals surface area contributed by atoms with Gasteiger partial charge in [0.15, 0.2) is 0 Å². The van der Waals surface area contributed by atoms with Crippen LogP contribution in [0.1, 0.15) is 51.4 Å². The van der Waals surface area contributed by atoms with E-state index in [4.69, 9.17) is 16.3 Å². The Morgan fingerprint density at radius 3 is 2.80 bits per heavy atom. The first-order valence-corrected chi connectivity index (χ1v) is 14.3. The SMILES string of the molecule is CN1C(CNC2CCCC(C(=O)N[C@H]3COCC4C(Cl)CCCC43)C2)NNC1C1CCNCC1F. The zero-order valence-electron chi connectivity index (χ0n) is 21.0. The molecule has 200 valence electrons. The molecule has 0 bridgehead atoms. The molecule has 5 aliphatic rings. The van der Waals surface area contributed by atoms with Crippen LogP contribution in [-0.4, -0.2) is 86.7 Å². The van der Waals surface area contributed by atoms with Crippen LogP contribution in [-0.2, 0) is 9.53 Å². The summed E-state index contributed by atoms with van der Waals surface area (Å²) >= 11 is 6.58. The van der Waals surface area contributed by atoms with Crippen molar-refractivity contribution in [3.63, 3.8) is 0 Å². The highest BCUT2D eigenvalue weighted by Crippen LogP contribution is 2.38. The first-order valence-electron chi connectivity index (χ1n) is 13.8. The van der Waals surface area contributed by atoms with Crippen LogP contribution in [0.15, 0.2) is 0 Å². The fraction of sp³-hybridized carbons (Fsp3) is 0.960. The average Bonchev–Trinajstić information content (AvgIpc) is 3.24. The predicted octanol–water partition coefficient (Wildman–Crippen LogP) is 1.31. The largest absolute Gasteiger partial charge is 0.379 e. The lowest BCUT2D eigenvalue weighted by atomic mass is 9.74. The molecule has 0 radical (unpaired) electrons. The molecule has 8 nitrogen and oxygen atoms in total. The minimum absolute atomic E-state index is 0.00214. The molecule has 0 spiro atoms. The fourth-order valence-corrected chi connectivity index (χ4v) is 7.56. The molecule has 5 fully saturated rings. The molecule has 2 saturated carbocycles. The van der Waals surface area contributed by atoms with Crippen molar-refractivity contribution in [2.75, 3.05) is 39.9 Å². The Bertz CT molecular complexity index is 721. The molecule has 0 aromatic rings. The van der Waals surface area contributed by atoms with Crippen molar-refractivity contribution in [2.24, 2.45) is 23.7 Å². The number of rotatable bonds is 6. The second kappa shape index (κ2) is 11.9. The van der Waals surface area contributed by atoms with E-state index in [2.05, 4.69) is 38.7 Å². The Labute approximate surface area is 214 Å². The highest BCUT2D eigenvalue weighted by molar-refractivity contribution is 6.20. The van der Waals surface area contributed by atoms with E-state index in [1.165, 1.54) is 0 Å². The summed E-state index contributed by atoms with van der Waals surface area (Å²) in [5.41, 5.74) is 6.68. The fourth-order valence-electron chi connectivity index (χ4n) is 7.15. The van der Waals surface area contributed by atoms with Gasteiger partial charge in [-0.25, -0.2) is 15.2 Å². The Morgan fingerprint density at radius 2 is 1.94 bits per heavy atom. The summed E-state index contributed by atoms with van der Waals surface area (Å²) in [6.45, 7) is 3.40. The average molecular weight is 515 g/mol. The van der Waals surface area contributed by atoms with Gasteiger partial charge in [-0.2, -0.15) is 0 Å². The molecule has 3 aliphatic heterocycles. The zero-order chi connectivity index (χ0) is 24.4. The normalized spacial score (nSPS) is 45.1. The number of amides is 1. The number of halogens is 2. The molecule has 3 saturated heterocycles. The minimum Gasteiger partial charge on any atom is -0.379 e. The number of carbonyl (C=O) groups excluding carboxylic acids is 1. The maximum Gasteiger partial charge on any atom is 0.223 e. The molecule has 10 heteroatoms. The van der Waals surface area contributed by atoms with E-state index in [-0.39, 0.29) is 41.5 Å². The maximum atomic E-state index is 14.4. The number of hydrogen-bond donors (Lipinski definition) is 5. The van der Waals surface area contributed by atoms with Crippen LogP contribution in [0.2, 0.25) is 0 Å². The van der Waals surface area contributed by atoms with Gasteiger partial charge in [0.25, 0.3) is 0 Å². The van der Waals surface area contributed by atoms with Crippen molar-refractivity contribution >= 4 is 17.5 Å². The van der Waals surface area contributed by atoms with Gasteiger partial charge < -0.3 is 20.7 Å². The quantitative estimate of drug-likeness (QED) is 0.341. The van der Waals surface area contributed by atoms with Gasteiger partial charge in [-0.3, -0.25) is 9.69 Å². The van der Waals surface area contributed by atoms with Gasteiger partial charge in [-0.1, -0.05) is 12.8 Å². The Hall–Kier alpha value is -0.550. The van der Waals surface area contributed by atoms with Crippen molar-refractivity contribution in [3.05, 3.63) is 0 Å². The third-order valence-corrected chi connectivity index (χ3v) is 9.86. The summed E-state index contributed by atoms with van der Waals surface area (Å²) in [4.78, 5) is 15.4. The van der Waals surface area contributed by atoms with Crippen molar-refractivity contribution in [1.82, 2.24) is 31.7 Å². The molecule has 10 atom stereocenters. The molecule has 35 heavy (non-hydrogen) atoms. The molecule has 5 N–H and O–H groups in total. The molecule has 0 aromatic carbocycles. The second-order valence-corrected chi connectivity index (χ2v) is 12.0. The third-order valence-electron chi connectivity index (χ3n) is 9.32. The van der Waals surface area contributed by atoms with E-state index >= 15 is 0 Å². The van der Waals surface area contributed by atoms with Crippen LogP contribution in [0.3, 0.4) is 0 Å². The van der Waals surface area contributed by atoms with Crippen molar-refractivity contribution in [3.8, 4) is 0 Å². The number of piperidine rings is 1. The number of fused-ring (bicyclic) bond motifs is 1. The lowest BCUT2D eigenvalue weighted by molar-refractivity contribution is -0.129. The highest BCUT2D eigenvalue weighted by atomic mass is 35.5. The van der Waals surface area contributed by atoms with E-state index in [1.54, 1.807) is 0 Å². The van der Waals surface area contributed by atoms with E-state index in [1.807, 2.05) is 0 Å². The first kappa shape index (κ1) is 26.1. The molecule has 1 amide bonds. The van der Waals surface area contributed by atoms with E-state index in [0.29, 0.717) is 31.0 Å². The van der Waals surface area contributed by atoms with E-state index < -0.39 is 6.17 Å². The smallest absolute Gasteiger partial charge is 0.223 e. The third kappa shape index (κ3) is 5.97. The molecule has 0 aromatic heterocycles. The minimum atomic E-state index is -0.830. The second-order valence-electron chi connectivity index (χ2n) is 11.5. The predicted molar refractivity (Wildman–Crippen MR) is 134 cm³/mol. The maximum absolute atomic E-state index is 14.4. The van der Waals surface area contributed by atoms with Crippen LogP contribution in [0, 0.1) is 23.7 Å². The lowest BCUT2D eigenvalue weighted by Gasteiger charge is -2.44. The Kier molecular flexibility index (Phi) is 8.85. The van der Waals surface area contributed by atoms with Gasteiger partial charge in [0.1, 0.15) is 6.17 Å². The number of hydrogen-bond acceptors (Lipinski definition) is 7. The van der Waals surface area contributed by atoms with Gasteiger partial charge in [-0.15, -0.1) is 11.6 Å². The van der Waals surface area contributed by atoms with Crippen molar-refractivity contribution < 1.29 is 13.9 Å². The van der Waals surface area contributed by atoms with Gasteiger partial charge in [-0.05, 0) is 58.0 Å². The summed E-state index contributed by atoms with van der Waals surface area (Å²) in [6.07, 6.45) is 7.38. The van der Waals surface area contributed by atoms with Crippen LogP contribution < -0.4 is 26.8 Å². The zero-order valence-corrected chi connectivity index (χ0v) is 21.7. The van der Waals surface area contributed by atoms with Crippen LogP contribution in [0.4, 0.5) is 4.39 Å². The van der Waals surface area contributed by atoms with Gasteiger partial charge in [0.05, 0.1) is 31.6 Å². The Morgan fingerprint density at radius 1 is 1.09 bits per heavy atom. The summed E-state index contributed by atoms with van der Waals surface area (Å²) in [5, 5.41) is 10.4. The van der Waals surface area contributed by atoms with Crippen LogP contribution in [0.5, 0.6) is 0 Å². The van der Waals surface area contributed by atoms with Crippen molar-refractivity contribution in [2.45, 2.75) is 87.3 Å². The molecule has 5 rings (SSSR count). The topological polar surface area (TPSA) is 89.7 Å². The molecular formula is C25H44ClFN6O2. The number of nitrogens with zero attached hydrogens (tertiary/aromatic N) is 1. The van der Waals surface area contributed by atoms with Crippen molar-refractivity contribution in [1.29, 1.82) is 0 Å². The molecule has 9 unspecified atom stereocenters. The summed E-state index contributed by atoms with van der Waals surface area (Å²) in [7, 11) is 2.06. The van der Waals surface area contributed by atoms with E-state index in [9.17, 15) is 9.18 Å². The van der Waals surface area contributed by atoms with E-state index in [0.717, 1.165) is 71.1 Å². The number of nitrogens with one attached hydrogen (secondary N) is 5. The van der Waals surface area contributed by atoms with Gasteiger partial charge in [0.2, 0.25) is 5.91 Å². The van der Waals surface area contributed by atoms with Crippen LogP contribution >= 0.6 is 11.6 Å². The summed E-state index contributed by atoms with van der Waals surface area (Å²) < 4.78 is 20.3. The first-order chi connectivity index (χ1) is 17.0. The summed E-state index contributed by atoms with van der Waals surface area (Å²) in [5.74, 6) is 1.01. The Balaban J connectivity index is 1.08. The van der Waals surface area contributed by atoms with Gasteiger partial charge in [0, 0.05) is 42.3 Å². The standard InChI is InChI=1S/C25H44ClFN6O2/c1-33-23(31-32-24(33)18-8-9-28-11-21(18)27)12-29-16-5-2-4-15(10-16)25(34)30-22-14-35-13-19-17(22)6-3-7-20(19)26/h15-24,28-29,31-32H,2-14H2,1H3,(H,30,34)/t15?,16?,17?,18?,19?,20?,21?,22-,23?,24?/m0/s1. The lowest BCUT2D eigenvalue weighted by Crippen LogP contribution is -2.55. The number of carbonyl (C=O) groups is 1. The number of hydrazine groups is 1.